The van der Waals surface area contributed by atoms with Crippen LogP contribution in [0.15, 0.2) is 79.1 Å². The van der Waals surface area contributed by atoms with Crippen molar-refractivity contribution in [1.29, 1.82) is 0 Å². The second-order valence-electron chi connectivity index (χ2n) is 17.4. The zero-order valence-corrected chi connectivity index (χ0v) is 37.2. The smallest absolute Gasteiger partial charge is 0.340 e. The van der Waals surface area contributed by atoms with Crippen LogP contribution in [0.4, 0.5) is 13.2 Å². The Labute approximate surface area is 385 Å². The summed E-state index contributed by atoms with van der Waals surface area (Å²) >= 11 is 0. The summed E-state index contributed by atoms with van der Waals surface area (Å²) < 4.78 is 44.9. The molecular formula is C51H50F3N7O6. The Hall–Kier alpha value is -6.99. The maximum absolute atomic E-state index is 14.4. The zero-order chi connectivity index (χ0) is 47.2. The molecule has 3 aromatic carbocycles. The number of alkyl halides is 3. The summed E-state index contributed by atoms with van der Waals surface area (Å²) in [5.74, 6) is 3.76. The number of unbranched alkanes of at least 4 members (excludes halogenated alkanes) is 5. The lowest BCUT2D eigenvalue weighted by molar-refractivity contribution is -0.139. The Kier molecular flexibility index (Phi) is 14.1. The summed E-state index contributed by atoms with van der Waals surface area (Å²) in [5, 5.41) is 6.47. The minimum Gasteiger partial charge on any atom is -0.340 e. The van der Waals surface area contributed by atoms with Gasteiger partial charge in [-0.1, -0.05) is 61.9 Å². The molecule has 346 valence electrons. The van der Waals surface area contributed by atoms with E-state index in [1.807, 2.05) is 24.0 Å². The monoisotopic (exact) mass is 913 g/mol. The van der Waals surface area contributed by atoms with E-state index < -0.39 is 41.4 Å². The number of Topliss-reactive ketones (excluding diaryl/α,β-unsaturated/α-hetero) is 1. The molecule has 13 nitrogen and oxygen atoms in total. The van der Waals surface area contributed by atoms with Gasteiger partial charge in [-0.25, -0.2) is 9.50 Å². The number of fused-ring (bicyclic) bond motifs is 2. The summed E-state index contributed by atoms with van der Waals surface area (Å²) in [6.45, 7) is 3.70. The second kappa shape index (κ2) is 20.3. The van der Waals surface area contributed by atoms with E-state index >= 15 is 0 Å². The molecule has 3 aliphatic rings. The standard InChI is InChI=1S/C51H50F3N7O6/c1-33-12-15-37(30-36(33)17-18-39-31-55-45-10-8-22-56-61(39)45)44(62)29-35-13-16-38(42(28-35)51(52,53)54)32-58-23-25-59(26-24-58)47(64)11-7-5-3-2-4-6-9-34-14-19-40-41(27-34)50(67)60(49(40)66)43-20-21-46(63)57-48(43)65/h8,10,12-16,19,22,27-28,30-31,43H,2-7,9,11,20-21,23-26,29,32H2,1H3,(H,57,63,65). The molecule has 67 heavy (non-hydrogen) atoms. The van der Waals surface area contributed by atoms with Crippen molar-refractivity contribution in [3.05, 3.63) is 135 Å². The Morgan fingerprint density at radius 3 is 2.34 bits per heavy atom. The van der Waals surface area contributed by atoms with Crippen LogP contribution in [0, 0.1) is 18.8 Å². The van der Waals surface area contributed by atoms with Gasteiger partial charge in [-0.05, 0) is 97.2 Å². The Balaban J connectivity index is 0.746. The second-order valence-corrected chi connectivity index (χ2v) is 17.4. The maximum atomic E-state index is 14.4. The number of carbonyl (C=O) groups excluding carboxylic acids is 6. The minimum absolute atomic E-state index is 0.0439. The summed E-state index contributed by atoms with van der Waals surface area (Å²) in [6.07, 6.45) is 5.13. The van der Waals surface area contributed by atoms with Gasteiger partial charge in [0.2, 0.25) is 17.7 Å². The van der Waals surface area contributed by atoms with Crippen molar-refractivity contribution in [2.45, 2.75) is 96.3 Å². The maximum Gasteiger partial charge on any atom is 0.416 e. The number of imide groups is 2. The molecule has 1 atom stereocenters. The van der Waals surface area contributed by atoms with Gasteiger partial charge in [0.15, 0.2) is 11.4 Å². The molecule has 16 heteroatoms. The van der Waals surface area contributed by atoms with E-state index in [0.29, 0.717) is 55.1 Å². The Bertz CT molecular complexity index is 2820. The third-order valence-electron chi connectivity index (χ3n) is 12.7. The first kappa shape index (κ1) is 46.5. The highest BCUT2D eigenvalue weighted by atomic mass is 19.4. The molecule has 5 amide bonds. The van der Waals surface area contributed by atoms with Crippen molar-refractivity contribution in [2.24, 2.45) is 0 Å². The van der Waals surface area contributed by atoms with Gasteiger partial charge in [-0.3, -0.25) is 43.9 Å². The number of benzene rings is 3. The Morgan fingerprint density at radius 1 is 0.821 bits per heavy atom. The quantitative estimate of drug-likeness (QED) is 0.0512. The molecule has 2 fully saturated rings. The number of ketones is 1. The van der Waals surface area contributed by atoms with E-state index in [2.05, 4.69) is 27.2 Å². The van der Waals surface area contributed by atoms with Gasteiger partial charge in [0, 0.05) is 69.3 Å². The lowest BCUT2D eigenvalue weighted by atomic mass is 9.96. The molecule has 0 aliphatic carbocycles. The first-order valence-corrected chi connectivity index (χ1v) is 22.7. The van der Waals surface area contributed by atoms with Gasteiger partial charge in [0.05, 0.1) is 22.9 Å². The number of aryl methyl sites for hydroxylation is 2. The van der Waals surface area contributed by atoms with Crippen LogP contribution in [0.2, 0.25) is 0 Å². The minimum atomic E-state index is -4.62. The summed E-state index contributed by atoms with van der Waals surface area (Å²) in [5.41, 5.74) is 4.11. The molecule has 2 saturated heterocycles. The highest BCUT2D eigenvalue weighted by Crippen LogP contribution is 2.34. The fourth-order valence-corrected chi connectivity index (χ4v) is 8.94. The number of imidazole rings is 1. The van der Waals surface area contributed by atoms with Gasteiger partial charge >= 0.3 is 6.18 Å². The number of amides is 5. The van der Waals surface area contributed by atoms with E-state index in [4.69, 9.17) is 0 Å². The SMILES string of the molecule is Cc1ccc(C(=O)Cc2ccc(CN3CCN(C(=O)CCCCCCCCc4ccc5c(c4)C(=O)N(C4CCC(=O)NC4=O)C5=O)CC3)c(C(F)(F)F)c2)cc1C#Cc1cnc2cccnn12. The number of carbonyl (C=O) groups is 6. The lowest BCUT2D eigenvalue weighted by Crippen LogP contribution is -2.54. The molecule has 0 radical (unpaired) electrons. The van der Waals surface area contributed by atoms with Crippen LogP contribution in [0.25, 0.3) is 5.65 Å². The van der Waals surface area contributed by atoms with Gasteiger partial charge in [0.25, 0.3) is 11.8 Å². The summed E-state index contributed by atoms with van der Waals surface area (Å²) in [6, 6.07) is 17.0. The average molecular weight is 914 g/mol. The number of piperazine rings is 1. The van der Waals surface area contributed by atoms with E-state index in [1.165, 1.54) is 6.07 Å². The van der Waals surface area contributed by atoms with Gasteiger partial charge in [-0.2, -0.15) is 18.3 Å². The molecule has 5 aromatic rings. The summed E-state index contributed by atoms with van der Waals surface area (Å²) in [7, 11) is 0. The number of hydrogen-bond acceptors (Lipinski definition) is 9. The number of hydrogen-bond donors (Lipinski definition) is 1. The highest BCUT2D eigenvalue weighted by Gasteiger charge is 2.44. The van der Waals surface area contributed by atoms with Gasteiger partial charge in [0.1, 0.15) is 11.7 Å². The molecule has 0 saturated carbocycles. The third-order valence-corrected chi connectivity index (χ3v) is 12.7. The first-order chi connectivity index (χ1) is 32.2. The number of nitrogens with zero attached hydrogens (tertiary/aromatic N) is 6. The molecule has 0 spiro atoms. The molecule has 5 heterocycles. The van der Waals surface area contributed by atoms with Crippen molar-refractivity contribution in [3.63, 3.8) is 0 Å². The number of piperidine rings is 1. The number of nitrogens with one attached hydrogen (secondary N) is 1. The Morgan fingerprint density at radius 2 is 1.57 bits per heavy atom. The fourth-order valence-electron chi connectivity index (χ4n) is 8.94. The zero-order valence-electron chi connectivity index (χ0n) is 37.2. The molecule has 3 aliphatic heterocycles. The van der Waals surface area contributed by atoms with Crippen molar-refractivity contribution >= 4 is 41.0 Å². The van der Waals surface area contributed by atoms with Crippen molar-refractivity contribution in [2.75, 3.05) is 26.2 Å². The van der Waals surface area contributed by atoms with Crippen LogP contribution >= 0.6 is 0 Å². The van der Waals surface area contributed by atoms with Crippen LogP contribution < -0.4 is 5.32 Å². The number of rotatable bonds is 15. The normalized spacial score (nSPS) is 16.6. The van der Waals surface area contributed by atoms with Crippen molar-refractivity contribution in [3.8, 4) is 11.8 Å². The largest absolute Gasteiger partial charge is 0.416 e. The fraction of sp³-hybridized carbons (Fsp3) is 0.373. The first-order valence-electron chi connectivity index (χ1n) is 22.7. The van der Waals surface area contributed by atoms with Crippen LogP contribution in [0.1, 0.15) is 128 Å². The molecule has 2 aromatic heterocycles. The van der Waals surface area contributed by atoms with Crippen molar-refractivity contribution < 1.29 is 41.9 Å². The van der Waals surface area contributed by atoms with Gasteiger partial charge in [-0.15, -0.1) is 0 Å². The third kappa shape index (κ3) is 10.8. The lowest BCUT2D eigenvalue weighted by Gasteiger charge is -2.35. The predicted molar refractivity (Wildman–Crippen MR) is 241 cm³/mol. The van der Waals surface area contributed by atoms with Crippen LogP contribution in [-0.2, 0) is 39.9 Å². The van der Waals surface area contributed by atoms with E-state index in [-0.39, 0.29) is 59.8 Å². The van der Waals surface area contributed by atoms with Gasteiger partial charge < -0.3 is 4.90 Å². The van der Waals surface area contributed by atoms with E-state index in [1.54, 1.807) is 64.3 Å². The predicted octanol–water partition coefficient (Wildman–Crippen LogP) is 6.90. The number of halogens is 3. The van der Waals surface area contributed by atoms with Crippen molar-refractivity contribution in [1.82, 2.24) is 34.6 Å². The van der Waals surface area contributed by atoms with E-state index in [9.17, 15) is 41.9 Å². The van der Waals surface area contributed by atoms with Crippen LogP contribution in [-0.4, -0.2) is 96.8 Å². The molecule has 1 N–H and O–H groups in total. The highest BCUT2D eigenvalue weighted by molar-refractivity contribution is 6.23. The van der Waals surface area contributed by atoms with E-state index in [0.717, 1.165) is 67.0 Å². The van der Waals surface area contributed by atoms with Crippen LogP contribution in [0.5, 0.6) is 0 Å². The topological polar surface area (TPSA) is 154 Å². The molecule has 8 rings (SSSR count). The summed E-state index contributed by atoms with van der Waals surface area (Å²) in [4.78, 5) is 85.4. The molecular weight excluding hydrogens is 864 g/mol. The average Bonchev–Trinajstić information content (AvgIpc) is 3.83. The number of aromatic nitrogens is 3. The molecule has 1 unspecified atom stereocenters. The molecule has 0 bridgehead atoms. The van der Waals surface area contributed by atoms with Crippen LogP contribution in [0.3, 0.4) is 0 Å².